The lowest BCUT2D eigenvalue weighted by Crippen LogP contribution is -2.35. The van der Waals surface area contributed by atoms with Gasteiger partial charge in [-0.25, -0.2) is 0 Å². The third-order valence-electron chi connectivity index (χ3n) is 4.31. The van der Waals surface area contributed by atoms with Gasteiger partial charge in [0.05, 0.1) is 0 Å². The molecular formula is C12H18O. The second-order valence-electron chi connectivity index (χ2n) is 4.93. The minimum Gasteiger partial charge on any atom is -0.299 e. The second-order valence-corrected chi connectivity index (χ2v) is 4.93. The monoisotopic (exact) mass is 178 g/mol. The molecule has 0 bridgehead atoms. The van der Waals surface area contributed by atoms with E-state index in [1.165, 1.54) is 5.57 Å². The fourth-order valence-electron chi connectivity index (χ4n) is 3.04. The van der Waals surface area contributed by atoms with E-state index in [-0.39, 0.29) is 5.41 Å². The van der Waals surface area contributed by atoms with Crippen LogP contribution < -0.4 is 0 Å². The first-order valence-corrected chi connectivity index (χ1v) is 5.25. The van der Waals surface area contributed by atoms with Crippen LogP contribution in [-0.2, 0) is 4.79 Å². The fraction of sp³-hybridized carbons (Fsp3) is 0.750. The van der Waals surface area contributed by atoms with Crippen molar-refractivity contribution in [2.75, 3.05) is 0 Å². The zero-order valence-electron chi connectivity index (χ0n) is 8.76. The molecule has 1 unspecified atom stereocenters. The van der Waals surface area contributed by atoms with Gasteiger partial charge in [0.25, 0.3) is 0 Å². The van der Waals surface area contributed by atoms with E-state index >= 15 is 0 Å². The summed E-state index contributed by atoms with van der Waals surface area (Å²) in [5.74, 6) is 1.73. The van der Waals surface area contributed by atoms with Crippen LogP contribution in [0.4, 0.5) is 0 Å². The minimum atomic E-state index is -0.0150. The van der Waals surface area contributed by atoms with E-state index in [0.29, 0.717) is 17.6 Å². The van der Waals surface area contributed by atoms with Gasteiger partial charge < -0.3 is 0 Å². The molecule has 0 aromatic heterocycles. The predicted molar refractivity (Wildman–Crippen MR) is 53.4 cm³/mol. The highest BCUT2D eigenvalue weighted by Crippen LogP contribution is 2.51. The molecule has 1 heteroatoms. The average molecular weight is 178 g/mol. The molecule has 0 N–H and O–H groups in total. The smallest absolute Gasteiger partial charge is 0.139 e. The van der Waals surface area contributed by atoms with E-state index in [4.69, 9.17) is 0 Å². The number of hydrogen-bond acceptors (Lipinski definition) is 1. The van der Waals surface area contributed by atoms with Crippen molar-refractivity contribution in [2.45, 2.75) is 40.0 Å². The van der Waals surface area contributed by atoms with Gasteiger partial charge in [-0.3, -0.25) is 4.79 Å². The number of ketones is 1. The van der Waals surface area contributed by atoms with Crippen LogP contribution in [0.25, 0.3) is 0 Å². The summed E-state index contributed by atoms with van der Waals surface area (Å²) >= 11 is 0. The molecule has 0 heterocycles. The molecule has 0 radical (unpaired) electrons. The highest BCUT2D eigenvalue weighted by molar-refractivity contribution is 5.87. The Bertz CT molecular complexity index is 277. The first-order valence-electron chi connectivity index (χ1n) is 5.25. The molecule has 13 heavy (non-hydrogen) atoms. The number of Topliss-reactive ketones (excluding diaryl/α,β-unsaturated/α-hetero) is 1. The van der Waals surface area contributed by atoms with Crippen molar-refractivity contribution in [2.24, 2.45) is 17.3 Å². The zero-order valence-corrected chi connectivity index (χ0v) is 8.76. The summed E-state index contributed by atoms with van der Waals surface area (Å²) in [6.45, 7) is 6.63. The molecule has 72 valence electrons. The van der Waals surface area contributed by atoms with Crippen LogP contribution in [0.3, 0.4) is 0 Å². The lowest BCUT2D eigenvalue weighted by molar-refractivity contribution is -0.126. The van der Waals surface area contributed by atoms with Crippen LogP contribution in [0.1, 0.15) is 40.0 Å². The Morgan fingerprint density at radius 1 is 1.54 bits per heavy atom. The minimum absolute atomic E-state index is 0.0150. The lowest BCUT2D eigenvalue weighted by Gasteiger charge is -2.38. The Morgan fingerprint density at radius 2 is 2.23 bits per heavy atom. The quantitative estimate of drug-likeness (QED) is 0.521. The van der Waals surface area contributed by atoms with E-state index in [1.54, 1.807) is 0 Å². The molecule has 2 aliphatic carbocycles. The summed E-state index contributed by atoms with van der Waals surface area (Å²) in [7, 11) is 0. The maximum absolute atomic E-state index is 11.8. The van der Waals surface area contributed by atoms with Crippen molar-refractivity contribution in [3.8, 4) is 0 Å². The van der Waals surface area contributed by atoms with Crippen LogP contribution in [0, 0.1) is 17.3 Å². The normalized spacial score (nSPS) is 44.5. The second kappa shape index (κ2) is 2.70. The highest BCUT2D eigenvalue weighted by Gasteiger charge is 2.49. The van der Waals surface area contributed by atoms with Crippen molar-refractivity contribution in [1.82, 2.24) is 0 Å². The van der Waals surface area contributed by atoms with Gasteiger partial charge in [-0.05, 0) is 31.6 Å². The topological polar surface area (TPSA) is 17.1 Å². The van der Waals surface area contributed by atoms with Gasteiger partial charge in [0.1, 0.15) is 5.78 Å². The van der Waals surface area contributed by atoms with Crippen LogP contribution in [0.5, 0.6) is 0 Å². The lowest BCUT2D eigenvalue weighted by atomic mass is 9.65. The summed E-state index contributed by atoms with van der Waals surface area (Å²) in [4.78, 5) is 11.8. The van der Waals surface area contributed by atoms with Crippen molar-refractivity contribution in [1.29, 1.82) is 0 Å². The number of rotatable bonds is 0. The number of hydrogen-bond donors (Lipinski definition) is 0. The van der Waals surface area contributed by atoms with Gasteiger partial charge in [0.15, 0.2) is 0 Å². The molecule has 1 nitrogen and oxygen atoms in total. The average Bonchev–Trinajstić information content (AvgIpc) is 2.39. The molecule has 1 fully saturated rings. The largest absolute Gasteiger partial charge is 0.299 e. The zero-order chi connectivity index (χ0) is 9.64. The van der Waals surface area contributed by atoms with Gasteiger partial charge in [-0.15, -0.1) is 0 Å². The van der Waals surface area contributed by atoms with E-state index in [9.17, 15) is 4.79 Å². The molecule has 0 amide bonds. The molecule has 2 aliphatic rings. The number of allylic oxidation sites excluding steroid dienone is 2. The summed E-state index contributed by atoms with van der Waals surface area (Å²) in [5.41, 5.74) is 1.47. The third-order valence-corrected chi connectivity index (χ3v) is 4.31. The van der Waals surface area contributed by atoms with E-state index in [1.807, 2.05) is 0 Å². The predicted octanol–water partition coefficient (Wildman–Crippen LogP) is 2.96. The van der Waals surface area contributed by atoms with Crippen LogP contribution in [-0.4, -0.2) is 5.78 Å². The van der Waals surface area contributed by atoms with Crippen LogP contribution in [0.15, 0.2) is 11.6 Å². The Labute approximate surface area is 80.2 Å². The number of fused-ring (bicyclic) bond motifs is 1. The molecule has 2 rings (SSSR count). The maximum atomic E-state index is 11.8. The molecule has 0 saturated heterocycles. The molecule has 0 aromatic rings. The number of carbonyl (C=O) groups excluding carboxylic acids is 1. The standard InChI is InChI=1S/C12H18O/c1-8-6-7-12(3)10(9(8)2)4-5-11(12)13/h6,9-10H,4-5,7H2,1-3H3/t9?,10-,12+/m1/s1. The Morgan fingerprint density at radius 3 is 2.92 bits per heavy atom. The summed E-state index contributed by atoms with van der Waals surface area (Å²) in [5, 5.41) is 0. The van der Waals surface area contributed by atoms with Crippen molar-refractivity contribution >= 4 is 5.78 Å². The van der Waals surface area contributed by atoms with E-state index in [2.05, 4.69) is 26.8 Å². The van der Waals surface area contributed by atoms with Crippen molar-refractivity contribution < 1.29 is 4.79 Å². The van der Waals surface area contributed by atoms with E-state index < -0.39 is 0 Å². The molecule has 3 atom stereocenters. The molecule has 1 saturated carbocycles. The van der Waals surface area contributed by atoms with Crippen molar-refractivity contribution in [3.63, 3.8) is 0 Å². The highest BCUT2D eigenvalue weighted by atomic mass is 16.1. The Hall–Kier alpha value is -0.590. The Kier molecular flexibility index (Phi) is 1.86. The third kappa shape index (κ3) is 1.09. The first-order chi connectivity index (χ1) is 6.05. The molecule has 0 spiro atoms. The molecule has 0 aromatic carbocycles. The summed E-state index contributed by atoms with van der Waals surface area (Å²) in [6.07, 6.45) is 5.17. The van der Waals surface area contributed by atoms with Gasteiger partial charge in [-0.2, -0.15) is 0 Å². The van der Waals surface area contributed by atoms with Crippen LogP contribution >= 0.6 is 0 Å². The SMILES string of the molecule is CC1=CC[C@]2(C)C(=O)CC[C@@H]2C1C. The van der Waals surface area contributed by atoms with Crippen LogP contribution in [0.2, 0.25) is 0 Å². The van der Waals surface area contributed by atoms with Crippen molar-refractivity contribution in [3.05, 3.63) is 11.6 Å². The summed E-state index contributed by atoms with van der Waals surface area (Å²) in [6, 6.07) is 0. The molecule has 0 aliphatic heterocycles. The van der Waals surface area contributed by atoms with Gasteiger partial charge in [0.2, 0.25) is 0 Å². The van der Waals surface area contributed by atoms with Gasteiger partial charge in [-0.1, -0.05) is 25.5 Å². The number of carbonyl (C=O) groups is 1. The van der Waals surface area contributed by atoms with Gasteiger partial charge in [0, 0.05) is 11.8 Å². The fourth-order valence-corrected chi connectivity index (χ4v) is 3.04. The Balaban J connectivity index is 2.37. The van der Waals surface area contributed by atoms with Gasteiger partial charge >= 0.3 is 0 Å². The van der Waals surface area contributed by atoms with E-state index in [0.717, 1.165) is 19.3 Å². The summed E-state index contributed by atoms with van der Waals surface area (Å²) < 4.78 is 0. The maximum Gasteiger partial charge on any atom is 0.139 e. The molecular weight excluding hydrogens is 160 g/mol. The first kappa shape index (κ1) is 8.98.